The Kier molecular flexibility index (Phi) is 5.62. The summed E-state index contributed by atoms with van der Waals surface area (Å²) in [5.74, 6) is 0.0686. The minimum Gasteiger partial charge on any atom is -0.396 e. The highest BCUT2D eigenvalue weighted by molar-refractivity contribution is 6.32. The van der Waals surface area contributed by atoms with E-state index in [4.69, 9.17) is 16.7 Å². The summed E-state index contributed by atoms with van der Waals surface area (Å²) in [7, 11) is 0. The van der Waals surface area contributed by atoms with Crippen molar-refractivity contribution >= 4 is 17.3 Å². The zero-order valence-corrected chi connectivity index (χ0v) is 11.7. The van der Waals surface area contributed by atoms with Gasteiger partial charge < -0.3 is 10.4 Å². The van der Waals surface area contributed by atoms with Gasteiger partial charge in [-0.15, -0.1) is 0 Å². The maximum Gasteiger partial charge on any atom is 0.287 e. The Morgan fingerprint density at radius 2 is 2.22 bits per heavy atom. The lowest BCUT2D eigenvalue weighted by Gasteiger charge is -2.21. The maximum absolute atomic E-state index is 11.9. The standard InChI is InChI=1S/C12H20ClN3O2/c1-4-5-16-12(18)11(13)10(6-14-16)15-9(3)8(2)7-17/h6,8-9,15,17H,4-5,7H2,1-3H3. The van der Waals surface area contributed by atoms with Crippen LogP contribution in [0, 0.1) is 5.92 Å². The predicted molar refractivity (Wildman–Crippen MR) is 73.1 cm³/mol. The van der Waals surface area contributed by atoms with Gasteiger partial charge >= 0.3 is 0 Å². The molecule has 0 aliphatic heterocycles. The first-order valence-corrected chi connectivity index (χ1v) is 6.52. The molecule has 1 aromatic rings. The number of rotatable bonds is 6. The molecular formula is C12H20ClN3O2. The molecule has 1 heterocycles. The van der Waals surface area contributed by atoms with Crippen molar-refractivity contribution in [3.63, 3.8) is 0 Å². The Morgan fingerprint density at radius 1 is 1.56 bits per heavy atom. The molecule has 0 aliphatic carbocycles. The highest BCUT2D eigenvalue weighted by Gasteiger charge is 2.15. The van der Waals surface area contributed by atoms with E-state index in [2.05, 4.69) is 10.4 Å². The van der Waals surface area contributed by atoms with Gasteiger partial charge in [0.05, 0.1) is 11.9 Å². The Labute approximate surface area is 112 Å². The van der Waals surface area contributed by atoms with Crippen LogP contribution in [0.4, 0.5) is 5.69 Å². The highest BCUT2D eigenvalue weighted by atomic mass is 35.5. The van der Waals surface area contributed by atoms with Gasteiger partial charge in [-0.1, -0.05) is 25.4 Å². The fourth-order valence-corrected chi connectivity index (χ4v) is 1.68. The number of aliphatic hydroxyl groups excluding tert-OH is 1. The number of halogens is 1. The van der Waals surface area contributed by atoms with Crippen LogP contribution in [0.1, 0.15) is 27.2 Å². The summed E-state index contributed by atoms with van der Waals surface area (Å²) in [6, 6.07) is 0.00993. The van der Waals surface area contributed by atoms with Gasteiger partial charge in [0.15, 0.2) is 0 Å². The van der Waals surface area contributed by atoms with E-state index in [-0.39, 0.29) is 29.1 Å². The molecule has 0 aliphatic rings. The van der Waals surface area contributed by atoms with Gasteiger partial charge in [0.2, 0.25) is 0 Å². The van der Waals surface area contributed by atoms with Gasteiger partial charge in [0, 0.05) is 19.2 Å². The Hall–Kier alpha value is -1.07. The van der Waals surface area contributed by atoms with Crippen molar-refractivity contribution in [1.29, 1.82) is 0 Å². The Balaban J connectivity index is 2.92. The summed E-state index contributed by atoms with van der Waals surface area (Å²) in [4.78, 5) is 11.9. The van der Waals surface area contributed by atoms with Crippen LogP contribution in [0.3, 0.4) is 0 Å². The Morgan fingerprint density at radius 3 is 2.78 bits per heavy atom. The van der Waals surface area contributed by atoms with Crippen LogP contribution in [0.2, 0.25) is 5.02 Å². The number of hydrogen-bond acceptors (Lipinski definition) is 4. The summed E-state index contributed by atoms with van der Waals surface area (Å²) in [6.07, 6.45) is 2.38. The van der Waals surface area contributed by atoms with E-state index < -0.39 is 0 Å². The van der Waals surface area contributed by atoms with Crippen molar-refractivity contribution in [2.45, 2.75) is 39.8 Å². The van der Waals surface area contributed by atoms with E-state index in [1.807, 2.05) is 20.8 Å². The minimum absolute atomic E-state index is 0.00993. The summed E-state index contributed by atoms with van der Waals surface area (Å²) < 4.78 is 1.35. The molecule has 2 unspecified atom stereocenters. The van der Waals surface area contributed by atoms with E-state index in [0.29, 0.717) is 12.2 Å². The summed E-state index contributed by atoms with van der Waals surface area (Å²) in [5, 5.41) is 16.4. The first-order valence-electron chi connectivity index (χ1n) is 6.14. The molecule has 18 heavy (non-hydrogen) atoms. The average molecular weight is 274 g/mol. The van der Waals surface area contributed by atoms with Crippen LogP contribution in [-0.2, 0) is 6.54 Å². The molecular weight excluding hydrogens is 254 g/mol. The molecule has 0 fully saturated rings. The fourth-order valence-electron chi connectivity index (χ4n) is 1.48. The molecule has 6 heteroatoms. The summed E-state index contributed by atoms with van der Waals surface area (Å²) in [5.41, 5.74) is 0.231. The number of hydrogen-bond donors (Lipinski definition) is 2. The monoisotopic (exact) mass is 273 g/mol. The molecule has 1 rings (SSSR count). The van der Waals surface area contributed by atoms with Crippen molar-refractivity contribution < 1.29 is 5.11 Å². The van der Waals surface area contributed by atoms with E-state index in [0.717, 1.165) is 6.42 Å². The van der Waals surface area contributed by atoms with Gasteiger partial charge in [0.25, 0.3) is 5.56 Å². The second-order valence-corrected chi connectivity index (χ2v) is 4.87. The molecule has 0 spiro atoms. The van der Waals surface area contributed by atoms with Crippen LogP contribution >= 0.6 is 11.6 Å². The van der Waals surface area contributed by atoms with Crippen molar-refractivity contribution in [1.82, 2.24) is 9.78 Å². The number of anilines is 1. The third-order valence-corrected chi connectivity index (χ3v) is 3.31. The lowest BCUT2D eigenvalue weighted by atomic mass is 10.1. The lowest BCUT2D eigenvalue weighted by molar-refractivity contribution is 0.226. The number of nitrogens with zero attached hydrogens (tertiary/aromatic N) is 2. The summed E-state index contributed by atoms with van der Waals surface area (Å²) >= 11 is 6.03. The Bertz CT molecular complexity index is 447. The van der Waals surface area contributed by atoms with Crippen molar-refractivity contribution in [2.24, 2.45) is 5.92 Å². The van der Waals surface area contributed by atoms with Crippen molar-refractivity contribution in [3.8, 4) is 0 Å². The third-order valence-electron chi connectivity index (χ3n) is 2.95. The van der Waals surface area contributed by atoms with Crippen molar-refractivity contribution in [3.05, 3.63) is 21.6 Å². The maximum atomic E-state index is 11.9. The fraction of sp³-hybridized carbons (Fsp3) is 0.667. The van der Waals surface area contributed by atoms with Gasteiger partial charge in [-0.3, -0.25) is 4.79 Å². The summed E-state index contributed by atoms with van der Waals surface area (Å²) in [6.45, 7) is 6.44. The molecule has 0 aromatic carbocycles. The minimum atomic E-state index is -0.285. The molecule has 2 atom stereocenters. The second kappa shape index (κ2) is 6.75. The first kappa shape index (κ1) is 15.0. The second-order valence-electron chi connectivity index (χ2n) is 4.49. The van der Waals surface area contributed by atoms with Crippen LogP contribution in [0.15, 0.2) is 11.0 Å². The zero-order valence-electron chi connectivity index (χ0n) is 11.0. The van der Waals surface area contributed by atoms with E-state index >= 15 is 0 Å². The number of aryl methyl sites for hydroxylation is 1. The van der Waals surface area contributed by atoms with Gasteiger partial charge in [-0.05, 0) is 19.3 Å². The molecule has 0 bridgehead atoms. The molecule has 1 aromatic heterocycles. The number of nitrogens with one attached hydrogen (secondary N) is 1. The number of aliphatic hydroxyl groups is 1. The van der Waals surface area contributed by atoms with Gasteiger partial charge in [-0.2, -0.15) is 5.10 Å². The molecule has 102 valence electrons. The normalized spacial score (nSPS) is 14.3. The van der Waals surface area contributed by atoms with Crippen molar-refractivity contribution in [2.75, 3.05) is 11.9 Å². The largest absolute Gasteiger partial charge is 0.396 e. The zero-order chi connectivity index (χ0) is 13.7. The van der Waals surface area contributed by atoms with Crippen LogP contribution in [0.5, 0.6) is 0 Å². The van der Waals surface area contributed by atoms with E-state index in [1.54, 1.807) is 6.20 Å². The SMILES string of the molecule is CCCn1ncc(NC(C)C(C)CO)c(Cl)c1=O. The number of aromatic nitrogens is 2. The van der Waals surface area contributed by atoms with Gasteiger partial charge in [0.1, 0.15) is 5.02 Å². The van der Waals surface area contributed by atoms with E-state index in [1.165, 1.54) is 4.68 Å². The van der Waals surface area contributed by atoms with Crippen LogP contribution in [-0.4, -0.2) is 27.5 Å². The molecule has 0 amide bonds. The van der Waals surface area contributed by atoms with Crippen LogP contribution < -0.4 is 10.9 Å². The first-order chi connectivity index (χ1) is 8.51. The smallest absolute Gasteiger partial charge is 0.287 e. The molecule has 0 radical (unpaired) electrons. The topological polar surface area (TPSA) is 67.2 Å². The molecule has 0 saturated heterocycles. The third kappa shape index (κ3) is 3.46. The van der Waals surface area contributed by atoms with Gasteiger partial charge in [-0.25, -0.2) is 4.68 Å². The predicted octanol–water partition coefficient (Wildman–Crippen LogP) is 1.74. The average Bonchev–Trinajstić information content (AvgIpc) is 2.37. The lowest BCUT2D eigenvalue weighted by Crippen LogP contribution is -2.29. The van der Waals surface area contributed by atoms with E-state index in [9.17, 15) is 4.79 Å². The molecule has 5 nitrogen and oxygen atoms in total. The van der Waals surface area contributed by atoms with Crippen LogP contribution in [0.25, 0.3) is 0 Å². The highest BCUT2D eigenvalue weighted by Crippen LogP contribution is 2.18. The molecule has 0 saturated carbocycles. The molecule has 2 N–H and O–H groups in total. The quantitative estimate of drug-likeness (QED) is 0.828.